The number of pyridine rings is 1. The van der Waals surface area contributed by atoms with Gasteiger partial charge in [0.15, 0.2) is 0 Å². The van der Waals surface area contributed by atoms with Crippen LogP contribution in [-0.2, 0) is 28.7 Å². The minimum absolute atomic E-state index is 0.301. The number of aryl methyl sites for hydroxylation is 1. The quantitative estimate of drug-likeness (QED) is 0.817. The minimum Gasteiger partial charge on any atom is -0.335 e. The van der Waals surface area contributed by atoms with Crippen molar-refractivity contribution in [3.05, 3.63) is 64.1 Å². The zero-order chi connectivity index (χ0) is 20.9. The van der Waals surface area contributed by atoms with E-state index in [1.54, 1.807) is 12.1 Å². The van der Waals surface area contributed by atoms with Gasteiger partial charge in [-0.15, -0.1) is 0 Å². The number of likely N-dealkylation sites (N-methyl/N-ethyl adjacent to an activating group) is 1. The molecule has 1 aromatic carbocycles. The Morgan fingerprint density at radius 3 is 2.46 bits per heavy atom. The number of hydrogen-bond acceptors (Lipinski definition) is 3. The Morgan fingerprint density at radius 2 is 1.82 bits per heavy atom. The summed E-state index contributed by atoms with van der Waals surface area (Å²) in [5, 5.41) is 2.70. The lowest BCUT2D eigenvalue weighted by Crippen LogP contribution is -2.39. The number of amides is 2. The van der Waals surface area contributed by atoms with Gasteiger partial charge in [-0.1, -0.05) is 25.1 Å². The van der Waals surface area contributed by atoms with Crippen molar-refractivity contribution < 1.29 is 22.8 Å². The van der Waals surface area contributed by atoms with Gasteiger partial charge in [0, 0.05) is 18.9 Å². The Hall–Kier alpha value is -3.10. The van der Waals surface area contributed by atoms with E-state index in [0.717, 1.165) is 22.7 Å². The summed E-state index contributed by atoms with van der Waals surface area (Å²) in [6.07, 6.45) is -2.99. The third-order valence-corrected chi connectivity index (χ3v) is 4.11. The largest absolute Gasteiger partial charge is 0.421 e. The van der Waals surface area contributed by atoms with Gasteiger partial charge in [0.05, 0.1) is 6.54 Å². The van der Waals surface area contributed by atoms with Crippen LogP contribution in [0.4, 0.5) is 18.9 Å². The number of benzene rings is 1. The fraction of sp³-hybridized carbons (Fsp3) is 0.316. The lowest BCUT2D eigenvalue weighted by Gasteiger charge is -2.18. The molecule has 0 fully saturated rings. The predicted octanol–water partition coefficient (Wildman–Crippen LogP) is 2.53. The SMILES string of the molecule is CCc1ccccc1NC(=O)CN(C)C(=O)Cn1cccc(C(F)(F)F)c1=O. The van der Waals surface area contributed by atoms with Crippen LogP contribution in [0.3, 0.4) is 0 Å². The Labute approximate surface area is 159 Å². The summed E-state index contributed by atoms with van der Waals surface area (Å²) in [6.45, 7) is 1.04. The maximum atomic E-state index is 12.8. The van der Waals surface area contributed by atoms with Gasteiger partial charge in [0.2, 0.25) is 11.8 Å². The molecule has 0 aliphatic heterocycles. The van der Waals surface area contributed by atoms with Crippen molar-refractivity contribution in [2.45, 2.75) is 26.1 Å². The van der Waals surface area contributed by atoms with E-state index in [2.05, 4.69) is 5.32 Å². The molecule has 28 heavy (non-hydrogen) atoms. The van der Waals surface area contributed by atoms with E-state index < -0.39 is 35.7 Å². The fourth-order valence-electron chi connectivity index (χ4n) is 2.59. The van der Waals surface area contributed by atoms with Crippen molar-refractivity contribution in [3.63, 3.8) is 0 Å². The number of hydrogen-bond donors (Lipinski definition) is 1. The van der Waals surface area contributed by atoms with Gasteiger partial charge < -0.3 is 14.8 Å². The number of nitrogens with zero attached hydrogens (tertiary/aromatic N) is 2. The van der Waals surface area contributed by atoms with Crippen LogP contribution in [-0.4, -0.2) is 34.9 Å². The second-order valence-corrected chi connectivity index (χ2v) is 6.16. The summed E-state index contributed by atoms with van der Waals surface area (Å²) in [4.78, 5) is 37.4. The van der Waals surface area contributed by atoms with Crippen molar-refractivity contribution in [2.75, 3.05) is 18.9 Å². The van der Waals surface area contributed by atoms with Gasteiger partial charge in [-0.05, 0) is 30.2 Å². The standard InChI is InChI=1S/C19H20F3N3O3/c1-3-13-7-4-5-9-15(13)23-16(26)11-24(2)17(27)12-25-10-6-8-14(18(25)28)19(20,21)22/h4-10H,3,11-12H2,1-2H3,(H,23,26). The van der Waals surface area contributed by atoms with Gasteiger partial charge in [-0.2, -0.15) is 13.2 Å². The minimum atomic E-state index is -4.80. The van der Waals surface area contributed by atoms with Gasteiger partial charge in [0.1, 0.15) is 12.1 Å². The summed E-state index contributed by atoms with van der Waals surface area (Å²) in [5.74, 6) is -1.12. The lowest BCUT2D eigenvalue weighted by atomic mass is 10.1. The first-order chi connectivity index (χ1) is 13.1. The van der Waals surface area contributed by atoms with Crippen LogP contribution in [0.2, 0.25) is 0 Å². The molecular weight excluding hydrogens is 375 g/mol. The zero-order valence-corrected chi connectivity index (χ0v) is 15.4. The molecule has 0 unspecified atom stereocenters. The highest BCUT2D eigenvalue weighted by Gasteiger charge is 2.34. The summed E-state index contributed by atoms with van der Waals surface area (Å²) in [5.41, 5.74) is -1.09. The highest BCUT2D eigenvalue weighted by molar-refractivity contribution is 5.95. The van der Waals surface area contributed by atoms with Gasteiger partial charge in [-0.3, -0.25) is 14.4 Å². The smallest absolute Gasteiger partial charge is 0.335 e. The predicted molar refractivity (Wildman–Crippen MR) is 97.8 cm³/mol. The van der Waals surface area contributed by atoms with Crippen molar-refractivity contribution in [3.8, 4) is 0 Å². The number of alkyl halides is 3. The molecule has 0 saturated heterocycles. The van der Waals surface area contributed by atoms with Crippen LogP contribution < -0.4 is 10.9 Å². The third-order valence-electron chi connectivity index (χ3n) is 4.11. The van der Waals surface area contributed by atoms with Crippen LogP contribution in [0.5, 0.6) is 0 Å². The number of nitrogens with one attached hydrogen (secondary N) is 1. The van der Waals surface area contributed by atoms with Crippen molar-refractivity contribution in [2.24, 2.45) is 0 Å². The molecule has 1 N–H and O–H groups in total. The lowest BCUT2D eigenvalue weighted by molar-refractivity contribution is -0.139. The Balaban J connectivity index is 2.04. The van der Waals surface area contributed by atoms with Crippen molar-refractivity contribution >= 4 is 17.5 Å². The second-order valence-electron chi connectivity index (χ2n) is 6.16. The summed E-state index contributed by atoms with van der Waals surface area (Å²) in [6, 6.07) is 8.92. The van der Waals surface area contributed by atoms with Gasteiger partial charge in [-0.25, -0.2) is 0 Å². The third kappa shape index (κ3) is 5.21. The topological polar surface area (TPSA) is 71.4 Å². The number of rotatable bonds is 6. The molecule has 0 atom stereocenters. The average Bonchev–Trinajstić information content (AvgIpc) is 2.62. The first kappa shape index (κ1) is 21.2. The van der Waals surface area contributed by atoms with Crippen LogP contribution in [0, 0.1) is 0 Å². The molecule has 0 saturated carbocycles. The Morgan fingerprint density at radius 1 is 1.14 bits per heavy atom. The van der Waals surface area contributed by atoms with Gasteiger partial charge in [0.25, 0.3) is 5.56 Å². The number of anilines is 1. The molecule has 6 nitrogen and oxygen atoms in total. The highest BCUT2D eigenvalue weighted by atomic mass is 19.4. The zero-order valence-electron chi connectivity index (χ0n) is 15.4. The van der Waals surface area contributed by atoms with E-state index in [4.69, 9.17) is 0 Å². The van der Waals surface area contributed by atoms with Crippen LogP contribution in [0.15, 0.2) is 47.4 Å². The summed E-state index contributed by atoms with van der Waals surface area (Å²) >= 11 is 0. The molecule has 1 aromatic heterocycles. The molecule has 0 aliphatic carbocycles. The van der Waals surface area contributed by atoms with E-state index in [1.165, 1.54) is 7.05 Å². The molecule has 0 aliphatic rings. The summed E-state index contributed by atoms with van der Waals surface area (Å²) < 4.78 is 39.1. The van der Waals surface area contributed by atoms with Crippen molar-refractivity contribution in [1.29, 1.82) is 0 Å². The fourth-order valence-corrected chi connectivity index (χ4v) is 2.59. The van der Waals surface area contributed by atoms with Crippen LogP contribution >= 0.6 is 0 Å². The van der Waals surface area contributed by atoms with E-state index in [0.29, 0.717) is 22.7 Å². The molecule has 150 valence electrons. The number of para-hydroxylation sites is 1. The molecule has 1 heterocycles. The number of carbonyl (C=O) groups is 2. The number of carbonyl (C=O) groups excluding carboxylic acids is 2. The first-order valence-corrected chi connectivity index (χ1v) is 8.51. The molecule has 2 amide bonds. The molecular formula is C19H20F3N3O3. The summed E-state index contributed by atoms with van der Waals surface area (Å²) in [7, 11) is 1.34. The molecule has 0 radical (unpaired) electrons. The van der Waals surface area contributed by atoms with Crippen LogP contribution in [0.1, 0.15) is 18.1 Å². The van der Waals surface area contributed by atoms with E-state index in [1.807, 2.05) is 19.1 Å². The van der Waals surface area contributed by atoms with E-state index in [-0.39, 0.29) is 6.54 Å². The Bertz CT molecular complexity index is 922. The molecule has 9 heteroatoms. The average molecular weight is 395 g/mol. The highest BCUT2D eigenvalue weighted by Crippen LogP contribution is 2.25. The molecule has 2 rings (SSSR count). The molecule has 0 bridgehead atoms. The van der Waals surface area contributed by atoms with Crippen LogP contribution in [0.25, 0.3) is 0 Å². The molecule has 0 spiro atoms. The number of aromatic nitrogens is 1. The maximum Gasteiger partial charge on any atom is 0.421 e. The molecule has 2 aromatic rings. The Kier molecular flexibility index (Phi) is 6.61. The maximum absolute atomic E-state index is 12.8. The monoisotopic (exact) mass is 395 g/mol. The van der Waals surface area contributed by atoms with Crippen molar-refractivity contribution in [1.82, 2.24) is 9.47 Å². The van der Waals surface area contributed by atoms with E-state index in [9.17, 15) is 27.6 Å². The number of halogens is 3. The normalized spacial score (nSPS) is 11.2. The van der Waals surface area contributed by atoms with Gasteiger partial charge >= 0.3 is 6.18 Å². The van der Waals surface area contributed by atoms with E-state index >= 15 is 0 Å². The second kappa shape index (κ2) is 8.73. The first-order valence-electron chi connectivity index (χ1n) is 8.51.